The molecule has 0 spiro atoms. The van der Waals surface area contributed by atoms with Crippen LogP contribution in [0.1, 0.15) is 19.8 Å². The molecule has 84 valence electrons. The molecule has 0 unspecified atom stereocenters. The molecule has 2 amide bonds. The van der Waals surface area contributed by atoms with Gasteiger partial charge in [0.15, 0.2) is 0 Å². The second-order valence-electron chi connectivity index (χ2n) is 3.81. The van der Waals surface area contributed by atoms with E-state index in [4.69, 9.17) is 5.11 Å². The van der Waals surface area contributed by atoms with Gasteiger partial charge in [0.1, 0.15) is 5.54 Å². The van der Waals surface area contributed by atoms with Gasteiger partial charge in [0.05, 0.1) is 6.54 Å². The Balaban J connectivity index is 2.43. The van der Waals surface area contributed by atoms with Crippen molar-refractivity contribution in [3.05, 3.63) is 0 Å². The second-order valence-corrected chi connectivity index (χ2v) is 3.81. The van der Waals surface area contributed by atoms with Crippen molar-refractivity contribution >= 4 is 17.8 Å². The molecule has 1 aliphatic rings. The highest BCUT2D eigenvalue weighted by molar-refractivity contribution is 5.91. The van der Waals surface area contributed by atoms with Crippen LogP contribution in [0.2, 0.25) is 0 Å². The van der Waals surface area contributed by atoms with E-state index in [2.05, 4.69) is 5.32 Å². The molecule has 0 aromatic rings. The van der Waals surface area contributed by atoms with Gasteiger partial charge in [-0.1, -0.05) is 0 Å². The maximum absolute atomic E-state index is 11.3. The van der Waals surface area contributed by atoms with Gasteiger partial charge in [-0.05, 0) is 12.8 Å². The lowest BCUT2D eigenvalue weighted by atomic mass is 10.2. The van der Waals surface area contributed by atoms with Crippen molar-refractivity contribution in [2.45, 2.75) is 25.3 Å². The summed E-state index contributed by atoms with van der Waals surface area (Å²) in [4.78, 5) is 34.1. The third kappa shape index (κ3) is 2.68. The summed E-state index contributed by atoms with van der Waals surface area (Å²) in [6.45, 7) is 1.24. The van der Waals surface area contributed by atoms with Crippen LogP contribution < -0.4 is 5.32 Å². The largest absolute Gasteiger partial charge is 0.480 e. The van der Waals surface area contributed by atoms with Crippen LogP contribution >= 0.6 is 0 Å². The molecular formula is C9H14N2O4. The van der Waals surface area contributed by atoms with Gasteiger partial charge in [0.25, 0.3) is 0 Å². The van der Waals surface area contributed by atoms with Gasteiger partial charge in [-0.3, -0.25) is 9.59 Å². The Kier molecular flexibility index (Phi) is 2.97. The molecule has 0 aromatic heterocycles. The Morgan fingerprint density at radius 2 is 1.93 bits per heavy atom. The van der Waals surface area contributed by atoms with Crippen molar-refractivity contribution in [1.29, 1.82) is 0 Å². The zero-order valence-electron chi connectivity index (χ0n) is 8.74. The number of carboxylic acids is 1. The summed E-state index contributed by atoms with van der Waals surface area (Å²) in [6.07, 6.45) is 0.912. The predicted molar refractivity (Wildman–Crippen MR) is 51.1 cm³/mol. The van der Waals surface area contributed by atoms with Crippen LogP contribution in [0.4, 0.5) is 0 Å². The Morgan fingerprint density at radius 1 is 1.40 bits per heavy atom. The van der Waals surface area contributed by atoms with Crippen LogP contribution in [0.5, 0.6) is 0 Å². The van der Waals surface area contributed by atoms with E-state index in [-0.39, 0.29) is 12.5 Å². The number of carbonyl (C=O) groups excluding carboxylic acids is 2. The first-order valence-corrected chi connectivity index (χ1v) is 4.63. The first-order valence-electron chi connectivity index (χ1n) is 4.63. The summed E-state index contributed by atoms with van der Waals surface area (Å²) in [6, 6.07) is 0. The average Bonchev–Trinajstić information content (AvgIpc) is 2.84. The van der Waals surface area contributed by atoms with E-state index in [1.54, 1.807) is 0 Å². The summed E-state index contributed by atoms with van der Waals surface area (Å²) < 4.78 is 0. The Hall–Kier alpha value is -1.59. The number of amides is 2. The van der Waals surface area contributed by atoms with Crippen LogP contribution in [0.15, 0.2) is 0 Å². The van der Waals surface area contributed by atoms with Crippen molar-refractivity contribution in [3.8, 4) is 0 Å². The molecule has 0 heterocycles. The molecule has 0 saturated heterocycles. The number of likely N-dealkylation sites (N-methyl/N-ethyl adjacent to an activating group) is 1. The molecule has 0 bridgehead atoms. The van der Waals surface area contributed by atoms with Gasteiger partial charge in [0.2, 0.25) is 11.8 Å². The van der Waals surface area contributed by atoms with E-state index in [0.29, 0.717) is 12.8 Å². The quantitative estimate of drug-likeness (QED) is 0.641. The summed E-state index contributed by atoms with van der Waals surface area (Å²) in [7, 11) is 1.49. The molecule has 1 rings (SSSR count). The van der Waals surface area contributed by atoms with Crippen molar-refractivity contribution < 1.29 is 19.5 Å². The number of carbonyl (C=O) groups is 3. The van der Waals surface area contributed by atoms with Gasteiger partial charge in [-0.2, -0.15) is 0 Å². The number of rotatable bonds is 4. The third-order valence-corrected chi connectivity index (χ3v) is 2.46. The highest BCUT2D eigenvalue weighted by atomic mass is 16.4. The lowest BCUT2D eigenvalue weighted by Gasteiger charge is -2.17. The van der Waals surface area contributed by atoms with E-state index < -0.39 is 17.4 Å². The van der Waals surface area contributed by atoms with Crippen molar-refractivity contribution in [3.63, 3.8) is 0 Å². The molecule has 15 heavy (non-hydrogen) atoms. The smallest absolute Gasteiger partial charge is 0.329 e. The lowest BCUT2D eigenvalue weighted by Crippen LogP contribution is -2.47. The molecule has 0 radical (unpaired) electrons. The maximum Gasteiger partial charge on any atom is 0.329 e. The highest BCUT2D eigenvalue weighted by Crippen LogP contribution is 2.35. The number of nitrogens with zero attached hydrogens (tertiary/aromatic N) is 1. The number of nitrogens with one attached hydrogen (secondary N) is 1. The molecule has 2 N–H and O–H groups in total. The van der Waals surface area contributed by atoms with Gasteiger partial charge >= 0.3 is 5.97 Å². The third-order valence-electron chi connectivity index (χ3n) is 2.46. The SMILES string of the molecule is CC(=O)N(C)CC(=O)NC1(C(=O)O)CC1. The predicted octanol–water partition coefficient (Wildman–Crippen LogP) is -0.802. The van der Waals surface area contributed by atoms with Crippen LogP contribution in [-0.2, 0) is 14.4 Å². The summed E-state index contributed by atoms with van der Waals surface area (Å²) in [5.74, 6) is -1.68. The Labute approximate surface area is 87.2 Å². The van der Waals surface area contributed by atoms with E-state index >= 15 is 0 Å². The lowest BCUT2D eigenvalue weighted by molar-refractivity contribution is -0.143. The fourth-order valence-corrected chi connectivity index (χ4v) is 1.15. The number of hydrogen-bond acceptors (Lipinski definition) is 3. The first kappa shape index (κ1) is 11.5. The van der Waals surface area contributed by atoms with Crippen LogP contribution in [0, 0.1) is 0 Å². The molecule has 6 heteroatoms. The minimum Gasteiger partial charge on any atom is -0.480 e. The van der Waals surface area contributed by atoms with E-state index in [1.807, 2.05) is 0 Å². The standard InChI is InChI=1S/C9H14N2O4/c1-6(12)11(2)5-7(13)10-9(3-4-9)8(14)15/h3-5H2,1-2H3,(H,10,13)(H,14,15). The fraction of sp³-hybridized carbons (Fsp3) is 0.667. The van der Waals surface area contributed by atoms with E-state index in [0.717, 1.165) is 0 Å². The van der Waals surface area contributed by atoms with Gasteiger partial charge < -0.3 is 15.3 Å². The molecule has 1 fully saturated rings. The second kappa shape index (κ2) is 3.88. The van der Waals surface area contributed by atoms with Crippen molar-refractivity contribution in [1.82, 2.24) is 10.2 Å². The van der Waals surface area contributed by atoms with Crippen LogP contribution in [0.3, 0.4) is 0 Å². The molecule has 0 atom stereocenters. The average molecular weight is 214 g/mol. The minimum absolute atomic E-state index is 0.107. The zero-order chi connectivity index (χ0) is 11.6. The number of carboxylic acid groups (broad SMARTS) is 1. The molecular weight excluding hydrogens is 200 g/mol. The topological polar surface area (TPSA) is 86.7 Å². The summed E-state index contributed by atoms with van der Waals surface area (Å²) >= 11 is 0. The number of aliphatic carboxylic acids is 1. The first-order chi connectivity index (χ1) is 6.87. The molecule has 0 aliphatic heterocycles. The maximum atomic E-state index is 11.3. The van der Waals surface area contributed by atoms with E-state index in [9.17, 15) is 14.4 Å². The van der Waals surface area contributed by atoms with Gasteiger partial charge in [-0.25, -0.2) is 4.79 Å². The van der Waals surface area contributed by atoms with Crippen molar-refractivity contribution in [2.24, 2.45) is 0 Å². The molecule has 6 nitrogen and oxygen atoms in total. The van der Waals surface area contributed by atoms with Crippen LogP contribution in [-0.4, -0.2) is 46.9 Å². The fourth-order valence-electron chi connectivity index (χ4n) is 1.15. The van der Waals surface area contributed by atoms with Gasteiger partial charge in [0, 0.05) is 14.0 Å². The molecule has 1 aliphatic carbocycles. The van der Waals surface area contributed by atoms with Gasteiger partial charge in [-0.15, -0.1) is 0 Å². The van der Waals surface area contributed by atoms with E-state index in [1.165, 1.54) is 18.9 Å². The highest BCUT2D eigenvalue weighted by Gasteiger charge is 2.51. The molecule has 0 aromatic carbocycles. The van der Waals surface area contributed by atoms with Crippen molar-refractivity contribution in [2.75, 3.05) is 13.6 Å². The number of hydrogen-bond donors (Lipinski definition) is 2. The summed E-state index contributed by atoms with van der Waals surface area (Å²) in [5.41, 5.74) is -1.07. The Morgan fingerprint density at radius 3 is 2.27 bits per heavy atom. The summed E-state index contributed by atoms with van der Waals surface area (Å²) in [5, 5.41) is 11.2. The zero-order valence-corrected chi connectivity index (χ0v) is 8.74. The van der Waals surface area contributed by atoms with Crippen LogP contribution in [0.25, 0.3) is 0 Å². The normalized spacial score (nSPS) is 16.7. The minimum atomic E-state index is -1.07. The molecule has 1 saturated carbocycles. The monoisotopic (exact) mass is 214 g/mol. The Bertz CT molecular complexity index is 309.